The Labute approximate surface area is 137 Å². The second-order valence-electron chi connectivity index (χ2n) is 6.13. The van der Waals surface area contributed by atoms with Gasteiger partial charge in [0.25, 0.3) is 0 Å². The molecule has 0 radical (unpaired) electrons. The fourth-order valence-electron chi connectivity index (χ4n) is 3.41. The summed E-state index contributed by atoms with van der Waals surface area (Å²) in [4.78, 5) is 2.52. The Kier molecular flexibility index (Phi) is 5.31. The zero-order chi connectivity index (χ0) is 16.1. The Hall–Kier alpha value is -1.85. The first-order valence-corrected chi connectivity index (χ1v) is 8.33. The Morgan fingerprint density at radius 3 is 2.91 bits per heavy atom. The molecule has 0 spiro atoms. The number of nitrogens with one attached hydrogen (secondary N) is 1. The molecule has 0 aliphatic carbocycles. The van der Waals surface area contributed by atoms with Crippen LogP contribution in [0.25, 0.3) is 11.3 Å². The number of aromatic amines is 1. The van der Waals surface area contributed by atoms with Crippen molar-refractivity contribution in [1.29, 1.82) is 0 Å². The molecule has 5 heteroatoms. The van der Waals surface area contributed by atoms with E-state index in [4.69, 9.17) is 9.84 Å². The monoisotopic (exact) mass is 315 g/mol. The second kappa shape index (κ2) is 7.62. The van der Waals surface area contributed by atoms with Crippen molar-refractivity contribution in [2.75, 3.05) is 20.3 Å². The van der Waals surface area contributed by atoms with Gasteiger partial charge in [-0.2, -0.15) is 5.10 Å². The van der Waals surface area contributed by atoms with Crippen LogP contribution in [0.15, 0.2) is 30.5 Å². The summed E-state index contributed by atoms with van der Waals surface area (Å²) in [6, 6.07) is 8.65. The van der Waals surface area contributed by atoms with Gasteiger partial charge in [0, 0.05) is 30.3 Å². The van der Waals surface area contributed by atoms with E-state index in [0.717, 1.165) is 42.9 Å². The Morgan fingerprint density at radius 1 is 1.35 bits per heavy atom. The minimum absolute atomic E-state index is 0.285. The Morgan fingerprint density at radius 2 is 2.17 bits per heavy atom. The van der Waals surface area contributed by atoms with Gasteiger partial charge in [0.05, 0.1) is 19.0 Å². The van der Waals surface area contributed by atoms with Gasteiger partial charge in [-0.05, 0) is 56.5 Å². The number of likely N-dealkylation sites (tertiary alicyclic amines) is 1. The van der Waals surface area contributed by atoms with Gasteiger partial charge < -0.3 is 9.84 Å². The van der Waals surface area contributed by atoms with Crippen LogP contribution >= 0.6 is 0 Å². The highest BCUT2D eigenvalue weighted by molar-refractivity contribution is 5.63. The number of ether oxygens (including phenoxy) is 1. The molecule has 1 saturated heterocycles. The minimum atomic E-state index is 0.285. The Bertz CT molecular complexity index is 609. The summed E-state index contributed by atoms with van der Waals surface area (Å²) in [5, 5.41) is 16.4. The van der Waals surface area contributed by atoms with Crippen molar-refractivity contribution in [2.45, 2.75) is 38.3 Å². The quantitative estimate of drug-likeness (QED) is 0.825. The maximum absolute atomic E-state index is 9.06. The average molecular weight is 315 g/mol. The molecule has 1 aliphatic rings. The maximum atomic E-state index is 9.06. The van der Waals surface area contributed by atoms with Crippen molar-refractivity contribution >= 4 is 0 Å². The van der Waals surface area contributed by atoms with E-state index in [9.17, 15) is 0 Å². The van der Waals surface area contributed by atoms with Crippen LogP contribution in [-0.4, -0.2) is 46.5 Å². The number of rotatable bonds is 7. The van der Waals surface area contributed by atoms with Gasteiger partial charge in [0.1, 0.15) is 5.75 Å². The highest BCUT2D eigenvalue weighted by Crippen LogP contribution is 2.28. The molecule has 2 aromatic rings. The summed E-state index contributed by atoms with van der Waals surface area (Å²) in [7, 11) is 1.68. The van der Waals surface area contributed by atoms with Crippen molar-refractivity contribution in [3.63, 3.8) is 0 Å². The lowest BCUT2D eigenvalue weighted by molar-refractivity contribution is 0.210. The van der Waals surface area contributed by atoms with Crippen molar-refractivity contribution < 1.29 is 9.84 Å². The summed E-state index contributed by atoms with van der Waals surface area (Å²) in [5.74, 6) is 0.860. The normalized spacial score (nSPS) is 18.4. The SMILES string of the molecule is COc1ccc(-c2[nH]ncc2CN2CCCC2CCCO)cc1. The van der Waals surface area contributed by atoms with Crippen molar-refractivity contribution in [2.24, 2.45) is 0 Å². The van der Waals surface area contributed by atoms with Crippen molar-refractivity contribution in [1.82, 2.24) is 15.1 Å². The van der Waals surface area contributed by atoms with Crippen LogP contribution < -0.4 is 4.74 Å². The van der Waals surface area contributed by atoms with E-state index in [0.29, 0.717) is 6.04 Å². The number of methoxy groups -OCH3 is 1. The molecular weight excluding hydrogens is 290 g/mol. The third kappa shape index (κ3) is 3.74. The fraction of sp³-hybridized carbons (Fsp3) is 0.500. The molecule has 0 amide bonds. The fourth-order valence-corrected chi connectivity index (χ4v) is 3.41. The number of aliphatic hydroxyl groups excluding tert-OH is 1. The topological polar surface area (TPSA) is 61.4 Å². The summed E-state index contributed by atoms with van der Waals surface area (Å²) in [6.45, 7) is 2.32. The molecule has 1 aliphatic heterocycles. The molecule has 1 aromatic carbocycles. The number of hydrogen-bond acceptors (Lipinski definition) is 4. The maximum Gasteiger partial charge on any atom is 0.118 e. The standard InChI is InChI=1S/C18H25N3O2/c1-23-17-8-6-14(7-9-17)18-15(12-19-20-18)13-21-10-2-4-16(21)5-3-11-22/h6-9,12,16,22H,2-5,10-11,13H2,1H3,(H,19,20). The number of H-pyrrole nitrogens is 1. The van der Waals surface area contributed by atoms with E-state index in [1.807, 2.05) is 18.3 Å². The zero-order valence-corrected chi connectivity index (χ0v) is 13.7. The van der Waals surface area contributed by atoms with Crippen LogP contribution in [0.2, 0.25) is 0 Å². The first-order chi connectivity index (χ1) is 11.3. The molecule has 1 unspecified atom stereocenters. The summed E-state index contributed by atoms with van der Waals surface area (Å²) in [5.41, 5.74) is 3.44. The molecule has 124 valence electrons. The van der Waals surface area contributed by atoms with Crippen LogP contribution in [0.1, 0.15) is 31.2 Å². The van der Waals surface area contributed by atoms with Gasteiger partial charge in [-0.3, -0.25) is 10.00 Å². The van der Waals surface area contributed by atoms with Crippen LogP contribution in [-0.2, 0) is 6.54 Å². The molecule has 1 fully saturated rings. The predicted octanol–water partition coefficient (Wildman–Crippen LogP) is 2.82. The molecule has 5 nitrogen and oxygen atoms in total. The molecule has 1 aromatic heterocycles. The number of aromatic nitrogens is 2. The molecule has 23 heavy (non-hydrogen) atoms. The lowest BCUT2D eigenvalue weighted by Crippen LogP contribution is -2.29. The van der Waals surface area contributed by atoms with E-state index in [2.05, 4.69) is 27.2 Å². The highest BCUT2D eigenvalue weighted by Gasteiger charge is 2.25. The van der Waals surface area contributed by atoms with E-state index < -0.39 is 0 Å². The van der Waals surface area contributed by atoms with Gasteiger partial charge in [-0.15, -0.1) is 0 Å². The van der Waals surface area contributed by atoms with Gasteiger partial charge in [0.15, 0.2) is 0 Å². The number of nitrogens with zero attached hydrogens (tertiary/aromatic N) is 2. The highest BCUT2D eigenvalue weighted by atomic mass is 16.5. The van der Waals surface area contributed by atoms with Gasteiger partial charge in [-0.25, -0.2) is 0 Å². The first-order valence-electron chi connectivity index (χ1n) is 8.33. The molecule has 2 heterocycles. The van der Waals surface area contributed by atoms with E-state index in [1.165, 1.54) is 18.4 Å². The smallest absolute Gasteiger partial charge is 0.118 e. The molecule has 0 saturated carbocycles. The second-order valence-corrected chi connectivity index (χ2v) is 6.13. The van der Waals surface area contributed by atoms with E-state index in [1.54, 1.807) is 7.11 Å². The van der Waals surface area contributed by atoms with Gasteiger partial charge in [-0.1, -0.05) is 0 Å². The first kappa shape index (κ1) is 16.0. The van der Waals surface area contributed by atoms with Crippen molar-refractivity contribution in [3.05, 3.63) is 36.0 Å². The lowest BCUT2D eigenvalue weighted by Gasteiger charge is -2.24. The lowest BCUT2D eigenvalue weighted by atomic mass is 10.1. The third-order valence-corrected chi connectivity index (χ3v) is 4.66. The molecular formula is C18H25N3O2. The van der Waals surface area contributed by atoms with Gasteiger partial charge in [0.2, 0.25) is 0 Å². The van der Waals surface area contributed by atoms with E-state index >= 15 is 0 Å². The molecule has 1 atom stereocenters. The number of hydrogen-bond donors (Lipinski definition) is 2. The number of benzene rings is 1. The average Bonchev–Trinajstić information content (AvgIpc) is 3.23. The summed E-state index contributed by atoms with van der Waals surface area (Å²) < 4.78 is 5.22. The van der Waals surface area contributed by atoms with Crippen molar-refractivity contribution in [3.8, 4) is 17.0 Å². The minimum Gasteiger partial charge on any atom is -0.497 e. The number of aliphatic hydroxyl groups is 1. The van der Waals surface area contributed by atoms with E-state index in [-0.39, 0.29) is 6.61 Å². The molecule has 2 N–H and O–H groups in total. The van der Waals surface area contributed by atoms with Gasteiger partial charge >= 0.3 is 0 Å². The summed E-state index contributed by atoms with van der Waals surface area (Å²) >= 11 is 0. The van der Waals surface area contributed by atoms with Crippen LogP contribution in [0.3, 0.4) is 0 Å². The van der Waals surface area contributed by atoms with Crippen LogP contribution in [0.5, 0.6) is 5.75 Å². The van der Waals surface area contributed by atoms with Crippen LogP contribution in [0, 0.1) is 0 Å². The zero-order valence-electron chi connectivity index (χ0n) is 13.7. The Balaban J connectivity index is 1.72. The largest absolute Gasteiger partial charge is 0.497 e. The summed E-state index contributed by atoms with van der Waals surface area (Å²) in [6.07, 6.45) is 6.37. The van der Waals surface area contributed by atoms with Crippen LogP contribution in [0.4, 0.5) is 0 Å². The predicted molar refractivity (Wildman–Crippen MR) is 90.3 cm³/mol. The molecule has 3 rings (SSSR count). The third-order valence-electron chi connectivity index (χ3n) is 4.66. The molecule has 0 bridgehead atoms.